The summed E-state index contributed by atoms with van der Waals surface area (Å²) in [7, 11) is 0. The van der Waals surface area contributed by atoms with Crippen LogP contribution in [0, 0.1) is 0 Å². The Morgan fingerprint density at radius 3 is 2.14 bits per heavy atom. The van der Waals surface area contributed by atoms with Crippen LogP contribution >= 0.6 is 0 Å². The van der Waals surface area contributed by atoms with Crippen molar-refractivity contribution in [1.82, 2.24) is 10.3 Å². The molecule has 0 aliphatic rings. The number of aromatic nitrogens is 1. The van der Waals surface area contributed by atoms with Crippen LogP contribution in [0.2, 0.25) is 0 Å². The summed E-state index contributed by atoms with van der Waals surface area (Å²) in [5.41, 5.74) is 2.45. The molecule has 0 radical (unpaired) electrons. The van der Waals surface area contributed by atoms with Crippen LogP contribution in [-0.2, 0) is 0 Å². The monoisotopic (exact) mass is 278 g/mol. The molecule has 3 aromatic rings. The highest BCUT2D eigenvalue weighted by Crippen LogP contribution is 2.25. The molecule has 106 valence electrons. The third-order valence-electron chi connectivity index (χ3n) is 3.63. The first-order valence-electron chi connectivity index (χ1n) is 7.37. The Kier molecular flexibility index (Phi) is 3.82. The van der Waals surface area contributed by atoms with Crippen LogP contribution in [-0.4, -0.2) is 17.4 Å². The third-order valence-corrected chi connectivity index (χ3v) is 3.63. The number of benzene rings is 2. The van der Waals surface area contributed by atoms with Gasteiger partial charge in [-0.05, 0) is 18.6 Å². The van der Waals surface area contributed by atoms with Crippen molar-refractivity contribution in [2.45, 2.75) is 19.8 Å². The van der Waals surface area contributed by atoms with Crippen LogP contribution in [0.5, 0.6) is 0 Å². The number of carbonyl (C=O) groups excluding carboxylic acids is 1. The van der Waals surface area contributed by atoms with Gasteiger partial charge >= 0.3 is 0 Å². The van der Waals surface area contributed by atoms with Gasteiger partial charge in [-0.1, -0.05) is 49.7 Å². The minimum Gasteiger partial charge on any atom is -0.352 e. The molecule has 1 amide bonds. The van der Waals surface area contributed by atoms with E-state index in [1.807, 2.05) is 48.5 Å². The van der Waals surface area contributed by atoms with Gasteiger partial charge in [-0.15, -0.1) is 0 Å². The summed E-state index contributed by atoms with van der Waals surface area (Å²) in [6.45, 7) is 2.82. The fraction of sp³-hybridized carbons (Fsp3) is 0.222. The van der Waals surface area contributed by atoms with E-state index in [1.165, 1.54) is 0 Å². The summed E-state index contributed by atoms with van der Waals surface area (Å²) in [6, 6.07) is 15.6. The normalized spacial score (nSPS) is 10.9. The maximum absolute atomic E-state index is 12.6. The molecule has 0 atom stereocenters. The molecule has 1 heterocycles. The van der Waals surface area contributed by atoms with Crippen LogP contribution in [0.3, 0.4) is 0 Å². The Balaban J connectivity index is 2.18. The van der Waals surface area contributed by atoms with E-state index in [0.717, 1.165) is 40.2 Å². The van der Waals surface area contributed by atoms with Gasteiger partial charge in [-0.3, -0.25) is 4.79 Å². The molecule has 0 fully saturated rings. The van der Waals surface area contributed by atoms with Gasteiger partial charge in [0.25, 0.3) is 5.91 Å². The van der Waals surface area contributed by atoms with Crippen molar-refractivity contribution in [3.8, 4) is 0 Å². The quantitative estimate of drug-likeness (QED) is 0.580. The number of hydrogen-bond acceptors (Lipinski definition) is 2. The standard InChI is InChI=1S/C18H18N2O/c1-2-3-12-19-18(21)17-13-8-4-6-10-15(13)20-16-11-7-5-9-14(16)17/h4-11H,2-3,12H2,1H3,(H,19,21). The van der Waals surface area contributed by atoms with Gasteiger partial charge in [0, 0.05) is 17.3 Å². The molecule has 2 aromatic carbocycles. The van der Waals surface area contributed by atoms with E-state index in [1.54, 1.807) is 0 Å². The molecular weight excluding hydrogens is 260 g/mol. The number of unbranched alkanes of at least 4 members (excludes halogenated alkanes) is 1. The van der Waals surface area contributed by atoms with E-state index in [4.69, 9.17) is 0 Å². The summed E-state index contributed by atoms with van der Waals surface area (Å²) in [4.78, 5) is 17.2. The number of carbonyl (C=O) groups is 1. The maximum atomic E-state index is 12.6. The minimum atomic E-state index is -0.0155. The van der Waals surface area contributed by atoms with Crippen molar-refractivity contribution in [1.29, 1.82) is 0 Å². The number of amides is 1. The molecule has 0 unspecified atom stereocenters. The number of pyridine rings is 1. The Morgan fingerprint density at radius 2 is 1.57 bits per heavy atom. The van der Waals surface area contributed by atoms with E-state index >= 15 is 0 Å². The molecule has 0 aliphatic heterocycles. The molecule has 21 heavy (non-hydrogen) atoms. The van der Waals surface area contributed by atoms with E-state index in [0.29, 0.717) is 6.54 Å². The van der Waals surface area contributed by atoms with E-state index in [2.05, 4.69) is 17.2 Å². The topological polar surface area (TPSA) is 42.0 Å². The molecule has 0 spiro atoms. The second-order valence-corrected chi connectivity index (χ2v) is 5.13. The lowest BCUT2D eigenvalue weighted by molar-refractivity contribution is 0.0956. The number of nitrogens with one attached hydrogen (secondary N) is 1. The van der Waals surface area contributed by atoms with Crippen molar-refractivity contribution >= 4 is 27.7 Å². The zero-order valence-electron chi connectivity index (χ0n) is 12.1. The lowest BCUT2D eigenvalue weighted by Crippen LogP contribution is -2.25. The van der Waals surface area contributed by atoms with Crippen molar-refractivity contribution in [2.24, 2.45) is 0 Å². The van der Waals surface area contributed by atoms with Crippen LogP contribution in [0.4, 0.5) is 0 Å². The number of nitrogens with zero attached hydrogens (tertiary/aromatic N) is 1. The second kappa shape index (κ2) is 5.92. The van der Waals surface area contributed by atoms with Gasteiger partial charge in [-0.2, -0.15) is 0 Å². The van der Waals surface area contributed by atoms with Crippen molar-refractivity contribution < 1.29 is 4.79 Å². The average Bonchev–Trinajstić information content (AvgIpc) is 2.52. The molecule has 0 saturated heterocycles. The zero-order valence-corrected chi connectivity index (χ0v) is 12.1. The van der Waals surface area contributed by atoms with Crippen LogP contribution in [0.15, 0.2) is 48.5 Å². The van der Waals surface area contributed by atoms with Gasteiger partial charge in [-0.25, -0.2) is 4.98 Å². The van der Waals surface area contributed by atoms with Gasteiger partial charge in [0.15, 0.2) is 0 Å². The molecule has 0 saturated carbocycles. The van der Waals surface area contributed by atoms with E-state index in [-0.39, 0.29) is 5.91 Å². The smallest absolute Gasteiger partial charge is 0.252 e. The molecule has 3 heteroatoms. The van der Waals surface area contributed by atoms with Gasteiger partial charge < -0.3 is 5.32 Å². The van der Waals surface area contributed by atoms with Crippen molar-refractivity contribution in [3.63, 3.8) is 0 Å². The molecule has 1 N–H and O–H groups in total. The van der Waals surface area contributed by atoms with E-state index < -0.39 is 0 Å². The van der Waals surface area contributed by atoms with Crippen LogP contribution in [0.1, 0.15) is 30.1 Å². The number of rotatable bonds is 4. The Hall–Kier alpha value is -2.42. The summed E-state index contributed by atoms with van der Waals surface area (Å²) >= 11 is 0. The summed E-state index contributed by atoms with van der Waals surface area (Å²) in [6.07, 6.45) is 2.06. The Labute approximate surface area is 124 Å². The molecule has 0 aliphatic carbocycles. The number of para-hydroxylation sites is 2. The fourth-order valence-electron chi connectivity index (χ4n) is 2.55. The highest BCUT2D eigenvalue weighted by atomic mass is 16.1. The first-order chi connectivity index (χ1) is 10.3. The molecular formula is C18H18N2O. The predicted molar refractivity (Wildman–Crippen MR) is 86.5 cm³/mol. The van der Waals surface area contributed by atoms with Gasteiger partial charge in [0.1, 0.15) is 0 Å². The van der Waals surface area contributed by atoms with Gasteiger partial charge in [0.2, 0.25) is 0 Å². The zero-order chi connectivity index (χ0) is 14.7. The molecule has 3 nitrogen and oxygen atoms in total. The minimum absolute atomic E-state index is 0.0155. The first-order valence-corrected chi connectivity index (χ1v) is 7.37. The Bertz CT molecular complexity index is 741. The maximum Gasteiger partial charge on any atom is 0.252 e. The third kappa shape index (κ3) is 2.59. The Morgan fingerprint density at radius 1 is 1.00 bits per heavy atom. The summed E-state index contributed by atoms with van der Waals surface area (Å²) < 4.78 is 0. The number of hydrogen-bond donors (Lipinski definition) is 1. The SMILES string of the molecule is CCCCNC(=O)c1c2ccccc2nc2ccccc12. The van der Waals surface area contributed by atoms with Crippen molar-refractivity contribution in [3.05, 3.63) is 54.1 Å². The summed E-state index contributed by atoms with van der Waals surface area (Å²) in [5.74, 6) is -0.0155. The van der Waals surface area contributed by atoms with Crippen LogP contribution in [0.25, 0.3) is 21.8 Å². The average molecular weight is 278 g/mol. The number of fused-ring (bicyclic) bond motifs is 2. The highest BCUT2D eigenvalue weighted by Gasteiger charge is 2.14. The van der Waals surface area contributed by atoms with Crippen LogP contribution < -0.4 is 5.32 Å². The largest absolute Gasteiger partial charge is 0.352 e. The predicted octanol–water partition coefficient (Wildman–Crippen LogP) is 3.92. The first kappa shape index (κ1) is 13.6. The summed E-state index contributed by atoms with van der Waals surface area (Å²) in [5, 5.41) is 4.83. The molecule has 0 bridgehead atoms. The van der Waals surface area contributed by atoms with Crippen molar-refractivity contribution in [2.75, 3.05) is 6.54 Å². The lowest BCUT2D eigenvalue weighted by Gasteiger charge is -2.11. The molecule has 1 aromatic heterocycles. The highest BCUT2D eigenvalue weighted by molar-refractivity contribution is 6.16. The fourth-order valence-corrected chi connectivity index (χ4v) is 2.55. The lowest BCUT2D eigenvalue weighted by atomic mass is 10.0. The van der Waals surface area contributed by atoms with Gasteiger partial charge in [0.05, 0.1) is 16.6 Å². The second-order valence-electron chi connectivity index (χ2n) is 5.13. The van der Waals surface area contributed by atoms with E-state index in [9.17, 15) is 4.79 Å². The molecule has 3 rings (SSSR count).